The largest absolute Gasteiger partial charge is 0.396 e. The molecule has 66 valence electrons. The summed E-state index contributed by atoms with van der Waals surface area (Å²) in [6.45, 7) is 7.12. The van der Waals surface area contributed by atoms with Crippen LogP contribution in [0.15, 0.2) is 0 Å². The van der Waals surface area contributed by atoms with Crippen LogP contribution in [0.3, 0.4) is 0 Å². The molecular formula is C9H18O2. The molecule has 0 aromatic rings. The van der Waals surface area contributed by atoms with Gasteiger partial charge in [-0.1, -0.05) is 0 Å². The zero-order valence-electron chi connectivity index (χ0n) is 7.68. The average Bonchev–Trinajstić information content (AvgIpc) is 2.63. The van der Waals surface area contributed by atoms with E-state index in [1.165, 1.54) is 0 Å². The Labute approximate surface area is 68.6 Å². The summed E-state index contributed by atoms with van der Waals surface area (Å²) in [6.07, 6.45) is 2.25. The van der Waals surface area contributed by atoms with Gasteiger partial charge < -0.3 is 9.84 Å². The molecule has 1 aliphatic rings. The van der Waals surface area contributed by atoms with Gasteiger partial charge in [-0.3, -0.25) is 0 Å². The second kappa shape index (κ2) is 2.76. The third-order valence-electron chi connectivity index (χ3n) is 2.10. The van der Waals surface area contributed by atoms with E-state index in [1.807, 2.05) is 20.8 Å². The fourth-order valence-corrected chi connectivity index (χ4v) is 0.894. The van der Waals surface area contributed by atoms with Gasteiger partial charge in [0.2, 0.25) is 0 Å². The fourth-order valence-electron chi connectivity index (χ4n) is 0.894. The van der Waals surface area contributed by atoms with Gasteiger partial charge in [-0.15, -0.1) is 0 Å². The van der Waals surface area contributed by atoms with Crippen LogP contribution in [0.2, 0.25) is 0 Å². The first-order valence-electron chi connectivity index (χ1n) is 4.22. The Morgan fingerprint density at radius 2 is 1.91 bits per heavy atom. The first kappa shape index (κ1) is 9.01. The van der Waals surface area contributed by atoms with Crippen molar-refractivity contribution in [2.24, 2.45) is 5.41 Å². The zero-order valence-corrected chi connectivity index (χ0v) is 7.68. The highest BCUT2D eigenvalue weighted by molar-refractivity contribution is 4.92. The fraction of sp³-hybridized carbons (Fsp3) is 1.00. The maximum Gasteiger partial charge on any atom is 0.0598 e. The summed E-state index contributed by atoms with van der Waals surface area (Å²) in [6, 6.07) is 0. The Morgan fingerprint density at radius 3 is 2.18 bits per heavy atom. The highest BCUT2D eigenvalue weighted by Crippen LogP contribution is 2.45. The molecule has 0 spiro atoms. The van der Waals surface area contributed by atoms with E-state index in [2.05, 4.69) is 0 Å². The van der Waals surface area contributed by atoms with Gasteiger partial charge in [-0.2, -0.15) is 0 Å². The molecule has 0 heterocycles. The van der Waals surface area contributed by atoms with Crippen LogP contribution in [0.5, 0.6) is 0 Å². The standard InChI is InChI=1S/C9H18O2/c1-8(2,3)11-7-9(6-10)4-5-9/h10H,4-7H2,1-3H3. The van der Waals surface area contributed by atoms with Crippen LogP contribution in [-0.2, 0) is 4.74 Å². The van der Waals surface area contributed by atoms with E-state index in [0.717, 1.165) is 12.8 Å². The first-order valence-corrected chi connectivity index (χ1v) is 4.22. The molecule has 0 atom stereocenters. The summed E-state index contributed by atoms with van der Waals surface area (Å²) in [5, 5.41) is 8.97. The van der Waals surface area contributed by atoms with E-state index in [4.69, 9.17) is 9.84 Å². The van der Waals surface area contributed by atoms with Crippen molar-refractivity contribution in [1.82, 2.24) is 0 Å². The van der Waals surface area contributed by atoms with Gasteiger partial charge in [-0.05, 0) is 33.6 Å². The van der Waals surface area contributed by atoms with Crippen LogP contribution in [-0.4, -0.2) is 23.9 Å². The van der Waals surface area contributed by atoms with Gasteiger partial charge >= 0.3 is 0 Å². The highest BCUT2D eigenvalue weighted by atomic mass is 16.5. The molecule has 1 saturated carbocycles. The van der Waals surface area contributed by atoms with Gasteiger partial charge in [0.25, 0.3) is 0 Å². The number of rotatable bonds is 3. The predicted octanol–water partition coefficient (Wildman–Crippen LogP) is 1.57. The van der Waals surface area contributed by atoms with Gasteiger partial charge in [0.15, 0.2) is 0 Å². The van der Waals surface area contributed by atoms with Gasteiger partial charge in [0, 0.05) is 5.41 Å². The summed E-state index contributed by atoms with van der Waals surface area (Å²) in [5.74, 6) is 0. The molecule has 0 aromatic heterocycles. The lowest BCUT2D eigenvalue weighted by molar-refractivity contribution is -0.0378. The topological polar surface area (TPSA) is 29.5 Å². The molecule has 0 radical (unpaired) electrons. The molecule has 0 aromatic carbocycles. The van der Waals surface area contributed by atoms with Crippen molar-refractivity contribution in [3.8, 4) is 0 Å². The Balaban J connectivity index is 2.22. The normalized spacial score (nSPS) is 21.8. The Morgan fingerprint density at radius 1 is 1.36 bits per heavy atom. The van der Waals surface area contributed by atoms with Crippen molar-refractivity contribution in [1.29, 1.82) is 0 Å². The van der Waals surface area contributed by atoms with Crippen LogP contribution in [0.1, 0.15) is 33.6 Å². The predicted molar refractivity (Wildman–Crippen MR) is 44.5 cm³/mol. The van der Waals surface area contributed by atoms with Crippen molar-refractivity contribution in [2.75, 3.05) is 13.2 Å². The first-order chi connectivity index (χ1) is 4.97. The molecule has 1 rings (SSSR count). The Bertz CT molecular complexity index is 131. The van der Waals surface area contributed by atoms with Crippen molar-refractivity contribution in [2.45, 2.75) is 39.2 Å². The summed E-state index contributed by atoms with van der Waals surface area (Å²) in [7, 11) is 0. The van der Waals surface area contributed by atoms with E-state index in [0.29, 0.717) is 6.61 Å². The minimum absolute atomic E-state index is 0.0647. The molecule has 2 nitrogen and oxygen atoms in total. The third-order valence-corrected chi connectivity index (χ3v) is 2.10. The van der Waals surface area contributed by atoms with E-state index >= 15 is 0 Å². The summed E-state index contributed by atoms with van der Waals surface area (Å²) >= 11 is 0. The van der Waals surface area contributed by atoms with E-state index in [9.17, 15) is 0 Å². The lowest BCUT2D eigenvalue weighted by atomic mass is 10.1. The number of aliphatic hydroxyl groups is 1. The molecule has 0 amide bonds. The molecule has 2 heteroatoms. The quantitative estimate of drug-likeness (QED) is 0.675. The number of ether oxygens (including phenoxy) is 1. The van der Waals surface area contributed by atoms with Crippen molar-refractivity contribution in [3.63, 3.8) is 0 Å². The average molecular weight is 158 g/mol. The van der Waals surface area contributed by atoms with E-state index < -0.39 is 0 Å². The number of hydrogen-bond acceptors (Lipinski definition) is 2. The number of hydrogen-bond donors (Lipinski definition) is 1. The van der Waals surface area contributed by atoms with Gasteiger partial charge in [-0.25, -0.2) is 0 Å². The van der Waals surface area contributed by atoms with Crippen LogP contribution in [0.25, 0.3) is 0 Å². The third kappa shape index (κ3) is 2.80. The molecule has 0 saturated heterocycles. The molecule has 1 N–H and O–H groups in total. The maximum absolute atomic E-state index is 8.97. The van der Waals surface area contributed by atoms with E-state index in [1.54, 1.807) is 0 Å². The maximum atomic E-state index is 8.97. The molecule has 0 unspecified atom stereocenters. The Kier molecular flexibility index (Phi) is 2.26. The molecule has 0 aliphatic heterocycles. The second-order valence-corrected chi connectivity index (χ2v) is 4.56. The lowest BCUT2D eigenvalue weighted by Gasteiger charge is -2.22. The summed E-state index contributed by atoms with van der Waals surface area (Å²) in [4.78, 5) is 0. The molecule has 11 heavy (non-hydrogen) atoms. The lowest BCUT2D eigenvalue weighted by Crippen LogP contribution is -2.25. The second-order valence-electron chi connectivity index (χ2n) is 4.56. The monoisotopic (exact) mass is 158 g/mol. The molecule has 1 aliphatic carbocycles. The van der Waals surface area contributed by atoms with E-state index in [-0.39, 0.29) is 17.6 Å². The SMILES string of the molecule is CC(C)(C)OCC1(CO)CC1. The minimum atomic E-state index is -0.0647. The Hall–Kier alpha value is -0.0800. The summed E-state index contributed by atoms with van der Waals surface area (Å²) in [5.41, 5.74) is 0.0675. The van der Waals surface area contributed by atoms with Crippen LogP contribution in [0.4, 0.5) is 0 Å². The zero-order chi connectivity index (χ0) is 8.54. The van der Waals surface area contributed by atoms with Crippen molar-refractivity contribution >= 4 is 0 Å². The van der Waals surface area contributed by atoms with Crippen molar-refractivity contribution < 1.29 is 9.84 Å². The molecular weight excluding hydrogens is 140 g/mol. The van der Waals surface area contributed by atoms with Crippen LogP contribution >= 0.6 is 0 Å². The van der Waals surface area contributed by atoms with Gasteiger partial charge in [0.05, 0.1) is 18.8 Å². The van der Waals surface area contributed by atoms with Crippen molar-refractivity contribution in [3.05, 3.63) is 0 Å². The smallest absolute Gasteiger partial charge is 0.0598 e. The minimum Gasteiger partial charge on any atom is -0.396 e. The number of aliphatic hydroxyl groups excluding tert-OH is 1. The molecule has 0 bridgehead atoms. The van der Waals surface area contributed by atoms with Gasteiger partial charge in [0.1, 0.15) is 0 Å². The highest BCUT2D eigenvalue weighted by Gasteiger charge is 2.43. The molecule has 1 fully saturated rings. The van der Waals surface area contributed by atoms with Crippen LogP contribution < -0.4 is 0 Å². The summed E-state index contributed by atoms with van der Waals surface area (Å²) < 4.78 is 5.59. The van der Waals surface area contributed by atoms with Crippen LogP contribution in [0, 0.1) is 5.41 Å².